The van der Waals surface area contributed by atoms with Gasteiger partial charge < -0.3 is 14.6 Å². The Balaban J connectivity index is 1.90. The number of halogens is 3. The molecule has 0 aliphatic rings. The van der Waals surface area contributed by atoms with Crippen molar-refractivity contribution in [1.29, 1.82) is 0 Å². The molecule has 0 saturated heterocycles. The number of nitrogens with one attached hydrogen (secondary N) is 1. The summed E-state index contributed by atoms with van der Waals surface area (Å²) in [6.45, 7) is 6.42. The molecule has 6 nitrogen and oxygen atoms in total. The SMILES string of the molecule is Cc1nn(C)c(OCC(F)(F)F)c1CNCC(C)Cn1ccnc1C. The molecule has 0 aliphatic heterocycles. The maximum absolute atomic E-state index is 12.4. The van der Waals surface area contributed by atoms with Gasteiger partial charge in [-0.25, -0.2) is 9.67 Å². The van der Waals surface area contributed by atoms with E-state index in [9.17, 15) is 13.2 Å². The molecule has 9 heteroatoms. The highest BCUT2D eigenvalue weighted by atomic mass is 19.4. The summed E-state index contributed by atoms with van der Waals surface area (Å²) in [5.41, 5.74) is 1.31. The van der Waals surface area contributed by atoms with Crippen LogP contribution in [0, 0.1) is 19.8 Å². The first-order valence-electron chi connectivity index (χ1n) is 8.08. The normalized spacial score (nSPS) is 13.2. The molecule has 1 unspecified atom stereocenters. The van der Waals surface area contributed by atoms with Gasteiger partial charge in [-0.3, -0.25) is 0 Å². The molecule has 2 rings (SSSR count). The lowest BCUT2D eigenvalue weighted by molar-refractivity contribution is -0.154. The van der Waals surface area contributed by atoms with E-state index >= 15 is 0 Å². The van der Waals surface area contributed by atoms with E-state index in [1.54, 1.807) is 20.2 Å². The smallest absolute Gasteiger partial charge is 0.422 e. The van der Waals surface area contributed by atoms with Gasteiger partial charge >= 0.3 is 6.18 Å². The Labute approximate surface area is 145 Å². The van der Waals surface area contributed by atoms with Crippen LogP contribution in [0.15, 0.2) is 12.4 Å². The maximum Gasteiger partial charge on any atom is 0.422 e. The van der Waals surface area contributed by atoms with Gasteiger partial charge in [-0.15, -0.1) is 0 Å². The van der Waals surface area contributed by atoms with Crippen molar-refractivity contribution in [3.8, 4) is 5.88 Å². The second kappa shape index (κ2) is 7.90. The van der Waals surface area contributed by atoms with Crippen LogP contribution in [0.1, 0.15) is 24.0 Å². The lowest BCUT2D eigenvalue weighted by Gasteiger charge is -2.15. The third kappa shape index (κ3) is 5.48. The number of aryl methyl sites for hydroxylation is 3. The Bertz CT molecular complexity index is 692. The maximum atomic E-state index is 12.4. The molecular weight excluding hydrogens is 335 g/mol. The predicted octanol–water partition coefficient (Wildman–Crippen LogP) is 2.60. The molecule has 0 fully saturated rings. The van der Waals surface area contributed by atoms with Crippen molar-refractivity contribution in [3.63, 3.8) is 0 Å². The van der Waals surface area contributed by atoms with Gasteiger partial charge in [0, 0.05) is 32.5 Å². The minimum atomic E-state index is -4.37. The Morgan fingerprint density at radius 3 is 2.64 bits per heavy atom. The topological polar surface area (TPSA) is 56.9 Å². The Kier molecular flexibility index (Phi) is 6.10. The van der Waals surface area contributed by atoms with E-state index in [0.29, 0.717) is 30.3 Å². The van der Waals surface area contributed by atoms with Crippen LogP contribution in [-0.2, 0) is 20.1 Å². The molecule has 2 aromatic heterocycles. The highest BCUT2D eigenvalue weighted by Gasteiger charge is 2.30. The molecular formula is C16H24F3N5O. The molecule has 0 radical (unpaired) electrons. The van der Waals surface area contributed by atoms with Gasteiger partial charge in [-0.1, -0.05) is 6.92 Å². The minimum Gasteiger partial charge on any atom is -0.468 e. The molecule has 1 N–H and O–H groups in total. The molecule has 0 aromatic carbocycles. The van der Waals surface area contributed by atoms with Crippen LogP contribution in [0.5, 0.6) is 5.88 Å². The zero-order chi connectivity index (χ0) is 18.6. The molecule has 0 aliphatic carbocycles. The lowest BCUT2D eigenvalue weighted by atomic mass is 10.1. The first-order valence-corrected chi connectivity index (χ1v) is 8.08. The summed E-state index contributed by atoms with van der Waals surface area (Å²) in [4.78, 5) is 4.19. The number of alkyl halides is 3. The van der Waals surface area contributed by atoms with Crippen LogP contribution < -0.4 is 10.1 Å². The van der Waals surface area contributed by atoms with E-state index in [0.717, 1.165) is 12.4 Å². The van der Waals surface area contributed by atoms with Crippen LogP contribution >= 0.6 is 0 Å². The fourth-order valence-electron chi connectivity index (χ4n) is 2.66. The number of aromatic nitrogens is 4. The Hall–Kier alpha value is -2.03. The minimum absolute atomic E-state index is 0.153. The van der Waals surface area contributed by atoms with Crippen molar-refractivity contribution in [2.45, 2.75) is 40.0 Å². The van der Waals surface area contributed by atoms with Gasteiger partial charge in [-0.05, 0) is 26.3 Å². The molecule has 0 saturated carbocycles. The molecule has 0 bridgehead atoms. The number of nitrogens with zero attached hydrogens (tertiary/aromatic N) is 4. The monoisotopic (exact) mass is 359 g/mol. The summed E-state index contributed by atoms with van der Waals surface area (Å²) in [5.74, 6) is 1.45. The van der Waals surface area contributed by atoms with Crippen molar-refractivity contribution in [2.24, 2.45) is 13.0 Å². The van der Waals surface area contributed by atoms with Gasteiger partial charge in [0.05, 0.1) is 11.3 Å². The second-order valence-corrected chi connectivity index (χ2v) is 6.26. The average molecular weight is 359 g/mol. The van der Waals surface area contributed by atoms with Crippen molar-refractivity contribution in [3.05, 3.63) is 29.5 Å². The summed E-state index contributed by atoms with van der Waals surface area (Å²) < 4.78 is 45.6. The number of imidazole rings is 1. The molecule has 1 atom stereocenters. The van der Waals surface area contributed by atoms with Gasteiger partial charge in [-0.2, -0.15) is 18.3 Å². The highest BCUT2D eigenvalue weighted by molar-refractivity contribution is 5.30. The number of rotatable bonds is 8. The molecule has 0 spiro atoms. The summed E-state index contributed by atoms with van der Waals surface area (Å²) >= 11 is 0. The lowest BCUT2D eigenvalue weighted by Crippen LogP contribution is -2.25. The summed E-state index contributed by atoms with van der Waals surface area (Å²) in [6, 6.07) is 0. The fraction of sp³-hybridized carbons (Fsp3) is 0.625. The van der Waals surface area contributed by atoms with E-state index in [-0.39, 0.29) is 5.88 Å². The summed E-state index contributed by atoms with van der Waals surface area (Å²) in [5, 5.41) is 7.43. The highest BCUT2D eigenvalue weighted by Crippen LogP contribution is 2.24. The standard InChI is InChI=1S/C16H24F3N5O/c1-11(9-24-6-5-21-13(24)3)7-20-8-14-12(2)22-23(4)15(14)25-10-16(17,18)19/h5-6,11,20H,7-10H2,1-4H3. The van der Waals surface area contributed by atoms with Crippen LogP contribution in [0.4, 0.5) is 13.2 Å². The van der Waals surface area contributed by atoms with Crippen LogP contribution in [0.2, 0.25) is 0 Å². The molecule has 0 amide bonds. The van der Waals surface area contributed by atoms with E-state index in [1.165, 1.54) is 4.68 Å². The molecule has 2 heterocycles. The van der Waals surface area contributed by atoms with Gasteiger partial charge in [0.25, 0.3) is 0 Å². The van der Waals surface area contributed by atoms with E-state index < -0.39 is 12.8 Å². The van der Waals surface area contributed by atoms with E-state index in [2.05, 4.69) is 26.9 Å². The van der Waals surface area contributed by atoms with Crippen molar-refractivity contribution < 1.29 is 17.9 Å². The van der Waals surface area contributed by atoms with Crippen molar-refractivity contribution >= 4 is 0 Å². The second-order valence-electron chi connectivity index (χ2n) is 6.26. The number of ether oxygens (including phenoxy) is 1. The van der Waals surface area contributed by atoms with Crippen molar-refractivity contribution in [1.82, 2.24) is 24.6 Å². The van der Waals surface area contributed by atoms with Gasteiger partial charge in [0.2, 0.25) is 5.88 Å². The predicted molar refractivity (Wildman–Crippen MR) is 87.3 cm³/mol. The zero-order valence-electron chi connectivity index (χ0n) is 14.9. The molecule has 140 valence electrons. The Morgan fingerprint density at radius 1 is 1.32 bits per heavy atom. The first kappa shape index (κ1) is 19.3. The largest absolute Gasteiger partial charge is 0.468 e. The third-order valence-corrected chi connectivity index (χ3v) is 3.89. The third-order valence-electron chi connectivity index (χ3n) is 3.89. The molecule has 25 heavy (non-hydrogen) atoms. The van der Waals surface area contributed by atoms with Crippen LogP contribution in [-0.4, -0.2) is 38.7 Å². The molecule has 2 aromatic rings. The summed E-state index contributed by atoms with van der Waals surface area (Å²) in [6.07, 6.45) is -0.682. The van der Waals surface area contributed by atoms with Crippen molar-refractivity contribution in [2.75, 3.05) is 13.2 Å². The van der Waals surface area contributed by atoms with E-state index in [4.69, 9.17) is 4.74 Å². The van der Waals surface area contributed by atoms with Crippen LogP contribution in [0.3, 0.4) is 0 Å². The number of hydrogen-bond acceptors (Lipinski definition) is 4. The first-order chi connectivity index (χ1) is 11.7. The van der Waals surface area contributed by atoms with E-state index in [1.807, 2.05) is 13.1 Å². The van der Waals surface area contributed by atoms with Gasteiger partial charge in [0.1, 0.15) is 5.82 Å². The van der Waals surface area contributed by atoms with Crippen LogP contribution in [0.25, 0.3) is 0 Å². The fourth-order valence-corrected chi connectivity index (χ4v) is 2.66. The zero-order valence-corrected chi connectivity index (χ0v) is 14.9. The number of hydrogen-bond donors (Lipinski definition) is 1. The average Bonchev–Trinajstić information content (AvgIpc) is 3.00. The van der Waals surface area contributed by atoms with Gasteiger partial charge in [0.15, 0.2) is 6.61 Å². The summed E-state index contributed by atoms with van der Waals surface area (Å²) in [7, 11) is 1.58. The Morgan fingerprint density at radius 2 is 2.04 bits per heavy atom. The quantitative estimate of drug-likeness (QED) is 0.787.